The molecule has 18 heavy (non-hydrogen) atoms. The summed E-state index contributed by atoms with van der Waals surface area (Å²) < 4.78 is 7.06. The third-order valence-corrected chi connectivity index (χ3v) is 4.00. The number of anilines is 1. The van der Waals surface area contributed by atoms with E-state index in [2.05, 4.69) is 70.9 Å². The first-order valence-electron chi connectivity index (χ1n) is 6.50. The highest BCUT2D eigenvalue weighted by atomic mass is 127. The van der Waals surface area contributed by atoms with Crippen molar-refractivity contribution in [3.05, 3.63) is 27.8 Å². The summed E-state index contributed by atoms with van der Waals surface area (Å²) >= 11 is 2.32. The molecule has 1 aromatic carbocycles. The summed E-state index contributed by atoms with van der Waals surface area (Å²) in [6.07, 6.45) is 0.292. The minimum absolute atomic E-state index is 0.292. The lowest BCUT2D eigenvalue weighted by atomic mass is 10.2. The molecule has 1 saturated heterocycles. The van der Waals surface area contributed by atoms with E-state index in [0.29, 0.717) is 12.1 Å². The van der Waals surface area contributed by atoms with Gasteiger partial charge in [0, 0.05) is 34.9 Å². The average molecular weight is 360 g/mol. The molecule has 0 spiro atoms. The van der Waals surface area contributed by atoms with E-state index in [-0.39, 0.29) is 0 Å². The zero-order valence-electron chi connectivity index (χ0n) is 11.0. The number of nitrogens with one attached hydrogen (secondary N) is 1. The van der Waals surface area contributed by atoms with Crippen LogP contribution in [0.1, 0.15) is 13.8 Å². The first kappa shape index (κ1) is 14.1. The summed E-state index contributed by atoms with van der Waals surface area (Å²) in [6, 6.07) is 9.07. The molecule has 1 fully saturated rings. The Morgan fingerprint density at radius 2 is 2.11 bits per heavy atom. The van der Waals surface area contributed by atoms with Crippen LogP contribution in [0, 0.1) is 3.57 Å². The number of hydrogen-bond donors (Lipinski definition) is 1. The van der Waals surface area contributed by atoms with Crippen molar-refractivity contribution in [2.45, 2.75) is 26.0 Å². The molecule has 1 atom stereocenters. The molecule has 100 valence electrons. The molecule has 1 unspecified atom stereocenters. The molecule has 1 N–H and O–H groups in total. The summed E-state index contributed by atoms with van der Waals surface area (Å²) in [5.74, 6) is 0. The summed E-state index contributed by atoms with van der Waals surface area (Å²) in [5.41, 5.74) is 1.17. The molecule has 0 radical (unpaired) electrons. The van der Waals surface area contributed by atoms with E-state index in [1.165, 1.54) is 9.26 Å². The Kier molecular flexibility index (Phi) is 5.26. The van der Waals surface area contributed by atoms with Crippen LogP contribution in [-0.2, 0) is 4.74 Å². The number of rotatable bonds is 4. The summed E-state index contributed by atoms with van der Waals surface area (Å²) in [6.45, 7) is 8.29. The van der Waals surface area contributed by atoms with E-state index in [1.807, 2.05) is 0 Å². The first-order valence-corrected chi connectivity index (χ1v) is 7.58. The number of morpholine rings is 1. The quantitative estimate of drug-likeness (QED) is 0.836. The van der Waals surface area contributed by atoms with Crippen LogP contribution in [0.15, 0.2) is 24.3 Å². The Labute approximate surface area is 123 Å². The SMILES string of the molecule is CC(C)N1CCOC(CNc2ccc(I)cc2)C1. The van der Waals surface area contributed by atoms with Gasteiger partial charge in [0.1, 0.15) is 0 Å². The lowest BCUT2D eigenvalue weighted by Gasteiger charge is -2.35. The van der Waals surface area contributed by atoms with E-state index in [9.17, 15) is 0 Å². The Morgan fingerprint density at radius 3 is 2.78 bits per heavy atom. The first-order chi connectivity index (χ1) is 8.65. The second kappa shape index (κ2) is 6.73. The predicted octanol–water partition coefficient (Wildman–Crippen LogP) is 2.81. The van der Waals surface area contributed by atoms with Gasteiger partial charge in [0.25, 0.3) is 0 Å². The van der Waals surface area contributed by atoms with Gasteiger partial charge in [0.15, 0.2) is 0 Å². The molecule has 0 bridgehead atoms. The molecule has 1 aliphatic heterocycles. The van der Waals surface area contributed by atoms with Gasteiger partial charge < -0.3 is 10.1 Å². The maximum atomic E-state index is 5.80. The van der Waals surface area contributed by atoms with Gasteiger partial charge >= 0.3 is 0 Å². The summed E-state index contributed by atoms with van der Waals surface area (Å²) in [4.78, 5) is 2.48. The van der Waals surface area contributed by atoms with Crippen LogP contribution in [0.25, 0.3) is 0 Å². The van der Waals surface area contributed by atoms with Crippen LogP contribution in [0.4, 0.5) is 5.69 Å². The van der Waals surface area contributed by atoms with Crippen molar-refractivity contribution >= 4 is 28.3 Å². The average Bonchev–Trinajstić information content (AvgIpc) is 2.38. The van der Waals surface area contributed by atoms with Crippen LogP contribution >= 0.6 is 22.6 Å². The molecule has 1 aromatic rings. The smallest absolute Gasteiger partial charge is 0.0874 e. The van der Waals surface area contributed by atoms with Crippen molar-refractivity contribution in [1.29, 1.82) is 0 Å². The van der Waals surface area contributed by atoms with Crippen molar-refractivity contribution in [2.24, 2.45) is 0 Å². The van der Waals surface area contributed by atoms with E-state index in [1.54, 1.807) is 0 Å². The molecular weight excluding hydrogens is 339 g/mol. The maximum absolute atomic E-state index is 5.80. The Balaban J connectivity index is 1.81. The zero-order chi connectivity index (χ0) is 13.0. The largest absolute Gasteiger partial charge is 0.382 e. The zero-order valence-corrected chi connectivity index (χ0v) is 13.2. The third-order valence-electron chi connectivity index (χ3n) is 3.28. The molecule has 0 saturated carbocycles. The van der Waals surface area contributed by atoms with Gasteiger partial charge in [-0.3, -0.25) is 4.90 Å². The van der Waals surface area contributed by atoms with Crippen LogP contribution < -0.4 is 5.32 Å². The second-order valence-electron chi connectivity index (χ2n) is 4.97. The van der Waals surface area contributed by atoms with Crippen LogP contribution in [-0.4, -0.2) is 43.3 Å². The summed E-state index contributed by atoms with van der Waals surface area (Å²) in [7, 11) is 0. The van der Waals surface area contributed by atoms with Crippen molar-refractivity contribution < 1.29 is 4.74 Å². The lowest BCUT2D eigenvalue weighted by molar-refractivity contribution is -0.0315. The Hall–Kier alpha value is -0.330. The second-order valence-corrected chi connectivity index (χ2v) is 6.21. The molecule has 3 nitrogen and oxygen atoms in total. The fourth-order valence-electron chi connectivity index (χ4n) is 2.13. The number of halogens is 1. The normalized spacial score (nSPS) is 21.2. The van der Waals surface area contributed by atoms with Crippen LogP contribution in [0.3, 0.4) is 0 Å². The number of ether oxygens (including phenoxy) is 1. The van der Waals surface area contributed by atoms with Crippen LogP contribution in [0.2, 0.25) is 0 Å². The van der Waals surface area contributed by atoms with Gasteiger partial charge in [-0.05, 0) is 60.7 Å². The fourth-order valence-corrected chi connectivity index (χ4v) is 2.49. The van der Waals surface area contributed by atoms with Crippen molar-refractivity contribution in [1.82, 2.24) is 4.90 Å². The molecule has 0 aromatic heterocycles. The number of nitrogens with zero attached hydrogens (tertiary/aromatic N) is 1. The maximum Gasteiger partial charge on any atom is 0.0874 e. The number of benzene rings is 1. The topological polar surface area (TPSA) is 24.5 Å². The highest BCUT2D eigenvalue weighted by molar-refractivity contribution is 14.1. The Morgan fingerprint density at radius 1 is 1.39 bits per heavy atom. The van der Waals surface area contributed by atoms with Gasteiger partial charge in [-0.2, -0.15) is 0 Å². The standard InChI is InChI=1S/C14H21IN2O/c1-11(2)17-7-8-18-14(10-17)9-16-13-5-3-12(15)4-6-13/h3-6,11,14,16H,7-10H2,1-2H3. The highest BCUT2D eigenvalue weighted by Gasteiger charge is 2.21. The van der Waals surface area contributed by atoms with Crippen molar-refractivity contribution in [2.75, 3.05) is 31.6 Å². The highest BCUT2D eigenvalue weighted by Crippen LogP contribution is 2.13. The molecule has 2 rings (SSSR count). The van der Waals surface area contributed by atoms with Gasteiger partial charge in [0.2, 0.25) is 0 Å². The third kappa shape index (κ3) is 4.10. The van der Waals surface area contributed by atoms with Gasteiger partial charge in [0.05, 0.1) is 12.7 Å². The molecule has 0 aliphatic carbocycles. The van der Waals surface area contributed by atoms with Gasteiger partial charge in [-0.25, -0.2) is 0 Å². The minimum Gasteiger partial charge on any atom is -0.382 e. The van der Waals surface area contributed by atoms with Gasteiger partial charge in [-0.15, -0.1) is 0 Å². The minimum atomic E-state index is 0.292. The van der Waals surface area contributed by atoms with Gasteiger partial charge in [-0.1, -0.05) is 0 Å². The molecule has 4 heteroatoms. The molecule has 1 heterocycles. The van der Waals surface area contributed by atoms with Crippen molar-refractivity contribution in [3.63, 3.8) is 0 Å². The summed E-state index contributed by atoms with van der Waals surface area (Å²) in [5, 5.41) is 3.45. The Bertz CT molecular complexity index is 367. The van der Waals surface area contributed by atoms with E-state index in [0.717, 1.165) is 26.2 Å². The van der Waals surface area contributed by atoms with Crippen molar-refractivity contribution in [3.8, 4) is 0 Å². The molecule has 1 aliphatic rings. The van der Waals surface area contributed by atoms with E-state index >= 15 is 0 Å². The van der Waals surface area contributed by atoms with Crippen LogP contribution in [0.5, 0.6) is 0 Å². The predicted molar refractivity (Wildman–Crippen MR) is 84.1 cm³/mol. The van der Waals surface area contributed by atoms with E-state index in [4.69, 9.17) is 4.74 Å². The lowest BCUT2D eigenvalue weighted by Crippen LogP contribution is -2.48. The monoisotopic (exact) mass is 360 g/mol. The molecular formula is C14H21IN2O. The number of hydrogen-bond acceptors (Lipinski definition) is 3. The molecule has 0 amide bonds. The van der Waals surface area contributed by atoms with E-state index < -0.39 is 0 Å². The fraction of sp³-hybridized carbons (Fsp3) is 0.571.